The highest BCUT2D eigenvalue weighted by Gasteiger charge is 2.29. The van der Waals surface area contributed by atoms with Gasteiger partial charge in [-0.3, -0.25) is 9.59 Å². The van der Waals surface area contributed by atoms with Crippen molar-refractivity contribution in [1.82, 2.24) is 0 Å². The van der Waals surface area contributed by atoms with Crippen LogP contribution in [0.15, 0.2) is 60.0 Å². The van der Waals surface area contributed by atoms with Crippen LogP contribution in [0.4, 0.5) is 0 Å². The average Bonchev–Trinajstić information content (AvgIpc) is 3.31. The molecule has 0 aliphatic rings. The molecule has 1 heterocycles. The number of carbonyl (C=O) groups excluding carboxylic acids is 1. The molecule has 31 heavy (non-hydrogen) atoms. The van der Waals surface area contributed by atoms with Crippen LogP contribution in [0.2, 0.25) is 0 Å². The second kappa shape index (κ2) is 9.18. The standard InChI is InChI=1S/C25H24O5S/c1-25(2,24(27)28)18-10-7-16(8-11-18)20(26)12-9-17-14-19(23-6-5-13-31-23)22(30-4)15-21(17)29-3/h5-15H,1-4H3,(H,27,28). The first-order valence-corrected chi connectivity index (χ1v) is 10.5. The van der Waals surface area contributed by atoms with Crippen molar-refractivity contribution in [2.24, 2.45) is 0 Å². The summed E-state index contributed by atoms with van der Waals surface area (Å²) in [6, 6.07) is 14.4. The van der Waals surface area contributed by atoms with Gasteiger partial charge in [0.25, 0.3) is 0 Å². The van der Waals surface area contributed by atoms with Gasteiger partial charge >= 0.3 is 5.97 Å². The number of methoxy groups -OCH3 is 2. The predicted octanol–water partition coefficient (Wildman–Crippen LogP) is 5.69. The highest BCUT2D eigenvalue weighted by molar-refractivity contribution is 7.13. The highest BCUT2D eigenvalue weighted by atomic mass is 32.1. The van der Waals surface area contributed by atoms with E-state index in [2.05, 4.69) is 0 Å². The molecule has 0 unspecified atom stereocenters. The molecule has 160 valence electrons. The molecule has 0 saturated carbocycles. The van der Waals surface area contributed by atoms with E-state index in [0.29, 0.717) is 22.6 Å². The number of aliphatic carboxylic acids is 1. The Morgan fingerprint density at radius 2 is 1.68 bits per heavy atom. The summed E-state index contributed by atoms with van der Waals surface area (Å²) in [5.41, 5.74) is 1.77. The lowest BCUT2D eigenvalue weighted by atomic mass is 9.84. The van der Waals surface area contributed by atoms with Crippen LogP contribution in [-0.4, -0.2) is 31.1 Å². The first-order chi connectivity index (χ1) is 14.8. The smallest absolute Gasteiger partial charge is 0.313 e. The summed E-state index contributed by atoms with van der Waals surface area (Å²) in [5.74, 6) is 0.189. The monoisotopic (exact) mass is 436 g/mol. The van der Waals surface area contributed by atoms with Crippen molar-refractivity contribution >= 4 is 29.2 Å². The fourth-order valence-corrected chi connectivity index (χ4v) is 3.86. The van der Waals surface area contributed by atoms with Crippen molar-refractivity contribution in [2.75, 3.05) is 14.2 Å². The summed E-state index contributed by atoms with van der Waals surface area (Å²) < 4.78 is 11.0. The van der Waals surface area contributed by atoms with Crippen LogP contribution in [0.3, 0.4) is 0 Å². The van der Waals surface area contributed by atoms with Crippen LogP contribution in [0.1, 0.15) is 35.3 Å². The molecule has 0 bridgehead atoms. The van der Waals surface area contributed by atoms with E-state index in [1.54, 1.807) is 69.7 Å². The topological polar surface area (TPSA) is 72.8 Å². The molecule has 0 spiro atoms. The van der Waals surface area contributed by atoms with E-state index in [4.69, 9.17) is 9.47 Å². The number of carbonyl (C=O) groups is 2. The van der Waals surface area contributed by atoms with Crippen LogP contribution in [-0.2, 0) is 10.2 Å². The Balaban J connectivity index is 1.90. The van der Waals surface area contributed by atoms with Gasteiger partial charge in [-0.15, -0.1) is 11.3 Å². The quantitative estimate of drug-likeness (QED) is 0.363. The van der Waals surface area contributed by atoms with Crippen molar-refractivity contribution in [2.45, 2.75) is 19.3 Å². The molecule has 2 aromatic carbocycles. The number of carboxylic acid groups (broad SMARTS) is 1. The van der Waals surface area contributed by atoms with E-state index < -0.39 is 11.4 Å². The van der Waals surface area contributed by atoms with E-state index in [1.807, 2.05) is 29.6 Å². The van der Waals surface area contributed by atoms with Gasteiger partial charge in [-0.25, -0.2) is 0 Å². The van der Waals surface area contributed by atoms with Gasteiger partial charge in [0.05, 0.1) is 19.6 Å². The first-order valence-electron chi connectivity index (χ1n) is 9.64. The van der Waals surface area contributed by atoms with Crippen molar-refractivity contribution in [3.05, 3.63) is 76.7 Å². The molecule has 0 aliphatic heterocycles. The van der Waals surface area contributed by atoms with Gasteiger partial charge in [-0.05, 0) is 49.1 Å². The molecule has 5 nitrogen and oxygen atoms in total. The minimum atomic E-state index is -1.02. The zero-order chi connectivity index (χ0) is 22.6. The number of hydrogen-bond acceptors (Lipinski definition) is 5. The van der Waals surface area contributed by atoms with E-state index in [9.17, 15) is 14.7 Å². The molecule has 1 aromatic heterocycles. The Kier molecular flexibility index (Phi) is 6.61. The Morgan fingerprint density at radius 3 is 2.23 bits per heavy atom. The number of benzene rings is 2. The van der Waals surface area contributed by atoms with Crippen molar-refractivity contribution in [1.29, 1.82) is 0 Å². The first kappa shape index (κ1) is 22.3. The lowest BCUT2D eigenvalue weighted by molar-refractivity contribution is -0.142. The molecule has 3 rings (SSSR count). The number of hydrogen-bond donors (Lipinski definition) is 1. The summed E-state index contributed by atoms with van der Waals surface area (Å²) in [4.78, 5) is 25.2. The van der Waals surface area contributed by atoms with E-state index in [1.165, 1.54) is 6.08 Å². The Hall–Kier alpha value is -3.38. The number of ketones is 1. The summed E-state index contributed by atoms with van der Waals surface area (Å²) >= 11 is 1.60. The molecular formula is C25H24O5S. The second-order valence-electron chi connectivity index (χ2n) is 7.48. The fraction of sp³-hybridized carbons (Fsp3) is 0.200. The third kappa shape index (κ3) is 4.70. The van der Waals surface area contributed by atoms with Crippen LogP contribution in [0.25, 0.3) is 16.5 Å². The van der Waals surface area contributed by atoms with Gasteiger partial charge in [0.15, 0.2) is 5.78 Å². The maximum atomic E-state index is 12.7. The number of rotatable bonds is 8. The molecule has 1 N–H and O–H groups in total. The van der Waals surface area contributed by atoms with Gasteiger partial charge in [-0.2, -0.15) is 0 Å². The molecular weight excluding hydrogens is 412 g/mol. The third-order valence-corrected chi connectivity index (χ3v) is 6.08. The maximum absolute atomic E-state index is 12.7. The van der Waals surface area contributed by atoms with Crippen LogP contribution >= 0.6 is 11.3 Å². The molecule has 0 fully saturated rings. The van der Waals surface area contributed by atoms with E-state index in [0.717, 1.165) is 16.0 Å². The molecule has 6 heteroatoms. The number of carboxylic acids is 1. The number of thiophene rings is 1. The van der Waals surface area contributed by atoms with Gasteiger partial charge < -0.3 is 14.6 Å². The SMILES string of the molecule is COc1cc(OC)c(-c2cccs2)cc1C=CC(=O)c1ccc(C(C)(C)C(=O)O)cc1. The molecule has 0 amide bonds. The normalized spacial score (nSPS) is 11.5. The molecule has 0 aliphatic carbocycles. The lowest BCUT2D eigenvalue weighted by Crippen LogP contribution is -2.28. The largest absolute Gasteiger partial charge is 0.496 e. The van der Waals surface area contributed by atoms with Crippen LogP contribution < -0.4 is 9.47 Å². The highest BCUT2D eigenvalue weighted by Crippen LogP contribution is 2.38. The zero-order valence-electron chi connectivity index (χ0n) is 17.8. The van der Waals surface area contributed by atoms with Crippen molar-refractivity contribution < 1.29 is 24.2 Å². The Bertz CT molecular complexity index is 1110. The van der Waals surface area contributed by atoms with Crippen LogP contribution in [0, 0.1) is 0 Å². The molecule has 0 radical (unpaired) electrons. The summed E-state index contributed by atoms with van der Waals surface area (Å²) in [5, 5.41) is 11.4. The van der Waals surface area contributed by atoms with Gasteiger partial charge in [-0.1, -0.05) is 30.3 Å². The fourth-order valence-electron chi connectivity index (χ4n) is 3.11. The van der Waals surface area contributed by atoms with Gasteiger partial charge in [0, 0.05) is 27.6 Å². The molecule has 0 saturated heterocycles. The van der Waals surface area contributed by atoms with Crippen LogP contribution in [0.5, 0.6) is 11.5 Å². The Morgan fingerprint density at radius 1 is 1.00 bits per heavy atom. The van der Waals surface area contributed by atoms with Crippen molar-refractivity contribution in [3.63, 3.8) is 0 Å². The van der Waals surface area contributed by atoms with Crippen molar-refractivity contribution in [3.8, 4) is 21.9 Å². The zero-order valence-corrected chi connectivity index (χ0v) is 18.7. The number of allylic oxidation sites excluding steroid dienone is 1. The minimum Gasteiger partial charge on any atom is -0.496 e. The lowest BCUT2D eigenvalue weighted by Gasteiger charge is -2.19. The summed E-state index contributed by atoms with van der Waals surface area (Å²) in [6.07, 6.45) is 3.20. The minimum absolute atomic E-state index is 0.185. The second-order valence-corrected chi connectivity index (χ2v) is 8.42. The van der Waals surface area contributed by atoms with E-state index >= 15 is 0 Å². The van der Waals surface area contributed by atoms with Gasteiger partial charge in [0.2, 0.25) is 0 Å². The van der Waals surface area contributed by atoms with E-state index in [-0.39, 0.29) is 5.78 Å². The summed E-state index contributed by atoms with van der Waals surface area (Å²) in [6.45, 7) is 3.26. The molecule has 3 aromatic rings. The summed E-state index contributed by atoms with van der Waals surface area (Å²) in [7, 11) is 3.18. The van der Waals surface area contributed by atoms with Gasteiger partial charge in [0.1, 0.15) is 11.5 Å². The molecule has 0 atom stereocenters. The Labute approximate surface area is 185 Å². The maximum Gasteiger partial charge on any atom is 0.313 e. The predicted molar refractivity (Wildman–Crippen MR) is 123 cm³/mol. The average molecular weight is 437 g/mol. The third-order valence-electron chi connectivity index (χ3n) is 5.18. The number of ether oxygens (including phenoxy) is 2.